The minimum atomic E-state index is -1.67. The van der Waals surface area contributed by atoms with Crippen LogP contribution in [0.1, 0.15) is 19.8 Å². The number of nitrogens with two attached hydrogens (primary N) is 3. The number of aliphatic carboxylic acids is 1. The topological polar surface area (TPSA) is 237 Å². The zero-order chi connectivity index (χ0) is 22.0. The number of carbonyl (C=O) groups excluding carboxylic acids is 5. The largest absolute Gasteiger partial charge is 0.480 e. The first-order valence-corrected chi connectivity index (χ1v) is 8.59. The van der Waals surface area contributed by atoms with Crippen molar-refractivity contribution >= 4 is 48.1 Å². The summed E-state index contributed by atoms with van der Waals surface area (Å²) in [5.74, 6) is -6.29. The van der Waals surface area contributed by atoms with Crippen LogP contribution in [0, 0.1) is 0 Å². The minimum absolute atomic E-state index is 0.158. The Kier molecular flexibility index (Phi) is 10.6. The molecular formula is C14H24N6O7S. The van der Waals surface area contributed by atoms with Crippen LogP contribution in [0.5, 0.6) is 0 Å². The molecule has 158 valence electrons. The second-order valence-corrected chi connectivity index (χ2v) is 6.20. The van der Waals surface area contributed by atoms with Gasteiger partial charge in [-0.15, -0.1) is 0 Å². The molecule has 0 fully saturated rings. The van der Waals surface area contributed by atoms with Gasteiger partial charge in [-0.25, -0.2) is 4.79 Å². The molecule has 28 heavy (non-hydrogen) atoms. The van der Waals surface area contributed by atoms with E-state index in [1.807, 2.05) is 5.32 Å². The highest BCUT2D eigenvalue weighted by molar-refractivity contribution is 7.80. The van der Waals surface area contributed by atoms with Crippen LogP contribution in [0.4, 0.5) is 0 Å². The molecule has 0 aliphatic heterocycles. The fraction of sp³-hybridized carbons (Fsp3) is 0.571. The monoisotopic (exact) mass is 420 g/mol. The summed E-state index contributed by atoms with van der Waals surface area (Å²) in [7, 11) is 0. The molecule has 0 aliphatic rings. The zero-order valence-corrected chi connectivity index (χ0v) is 15.9. The van der Waals surface area contributed by atoms with E-state index in [4.69, 9.17) is 22.3 Å². The van der Waals surface area contributed by atoms with E-state index in [0.29, 0.717) is 0 Å². The Labute approximate surface area is 165 Å². The maximum absolute atomic E-state index is 12.3. The molecule has 4 unspecified atom stereocenters. The fourth-order valence-electron chi connectivity index (χ4n) is 1.85. The average molecular weight is 420 g/mol. The van der Waals surface area contributed by atoms with Gasteiger partial charge >= 0.3 is 5.97 Å². The predicted molar refractivity (Wildman–Crippen MR) is 98.6 cm³/mol. The van der Waals surface area contributed by atoms with E-state index in [2.05, 4.69) is 23.3 Å². The molecule has 5 amide bonds. The van der Waals surface area contributed by atoms with Crippen LogP contribution in [0.2, 0.25) is 0 Å². The number of carboxylic acid groups (broad SMARTS) is 1. The SMILES string of the molecule is CC(N)C(=O)NC(CS)C(=O)NC(CC(N)=O)C(=O)NC(CC(N)=O)C(=O)O. The number of primary amides is 2. The summed E-state index contributed by atoms with van der Waals surface area (Å²) in [4.78, 5) is 69.4. The first-order valence-electron chi connectivity index (χ1n) is 7.96. The third kappa shape index (κ3) is 9.18. The second-order valence-electron chi connectivity index (χ2n) is 5.83. The van der Waals surface area contributed by atoms with Gasteiger partial charge in [0.15, 0.2) is 0 Å². The lowest BCUT2D eigenvalue weighted by Crippen LogP contribution is -2.58. The fourth-order valence-corrected chi connectivity index (χ4v) is 2.11. The van der Waals surface area contributed by atoms with E-state index in [-0.39, 0.29) is 5.75 Å². The third-order valence-corrected chi connectivity index (χ3v) is 3.65. The molecule has 10 N–H and O–H groups in total. The lowest BCUT2D eigenvalue weighted by molar-refractivity contribution is -0.144. The van der Waals surface area contributed by atoms with Crippen molar-refractivity contribution in [3.63, 3.8) is 0 Å². The van der Waals surface area contributed by atoms with Gasteiger partial charge in [-0.3, -0.25) is 24.0 Å². The van der Waals surface area contributed by atoms with Crippen LogP contribution in [-0.2, 0) is 28.8 Å². The summed E-state index contributed by atoms with van der Waals surface area (Å²) in [6.45, 7) is 1.39. The Hall–Kier alpha value is -2.87. The molecule has 0 aliphatic carbocycles. The van der Waals surface area contributed by atoms with E-state index in [9.17, 15) is 28.8 Å². The highest BCUT2D eigenvalue weighted by Crippen LogP contribution is 2.00. The Morgan fingerprint density at radius 2 is 1.21 bits per heavy atom. The van der Waals surface area contributed by atoms with Crippen molar-refractivity contribution in [2.45, 2.75) is 43.9 Å². The van der Waals surface area contributed by atoms with Gasteiger partial charge in [0.2, 0.25) is 29.5 Å². The molecule has 13 nitrogen and oxygen atoms in total. The van der Waals surface area contributed by atoms with Gasteiger partial charge < -0.3 is 38.3 Å². The first kappa shape index (κ1) is 25.1. The van der Waals surface area contributed by atoms with Gasteiger partial charge in [-0.05, 0) is 6.92 Å². The quantitative estimate of drug-likeness (QED) is 0.143. The van der Waals surface area contributed by atoms with Crippen LogP contribution < -0.4 is 33.2 Å². The summed E-state index contributed by atoms with van der Waals surface area (Å²) in [6.07, 6.45) is -1.37. The molecule has 0 heterocycles. The molecule has 0 rings (SSSR count). The molecule has 0 radical (unpaired) electrons. The summed E-state index contributed by atoms with van der Waals surface area (Å²) in [6, 6.07) is -5.33. The van der Waals surface area contributed by atoms with Gasteiger partial charge in [0.1, 0.15) is 18.1 Å². The average Bonchev–Trinajstić information content (AvgIpc) is 2.56. The highest BCUT2D eigenvalue weighted by Gasteiger charge is 2.31. The number of nitrogens with one attached hydrogen (secondary N) is 3. The van der Waals surface area contributed by atoms with Gasteiger partial charge in [0, 0.05) is 5.75 Å². The summed E-state index contributed by atoms with van der Waals surface area (Å²) in [5.41, 5.74) is 15.4. The van der Waals surface area contributed by atoms with E-state index in [0.717, 1.165) is 0 Å². The van der Waals surface area contributed by atoms with Crippen LogP contribution in [0.15, 0.2) is 0 Å². The second kappa shape index (κ2) is 11.8. The van der Waals surface area contributed by atoms with Crippen LogP contribution in [0.25, 0.3) is 0 Å². The molecule has 0 aromatic carbocycles. The minimum Gasteiger partial charge on any atom is -0.480 e. The van der Waals surface area contributed by atoms with E-state index >= 15 is 0 Å². The standard InChI is InChI=1S/C14H24N6O7S/c1-5(15)11(23)20-8(4-28)13(25)18-6(2-9(16)21)12(24)19-7(14(26)27)3-10(17)22/h5-8,28H,2-4,15H2,1H3,(H2,16,21)(H2,17,22)(H,18,25)(H,19,24)(H,20,23)(H,26,27). The van der Waals surface area contributed by atoms with Crippen molar-refractivity contribution in [3.8, 4) is 0 Å². The molecule has 0 saturated heterocycles. The molecular weight excluding hydrogens is 396 g/mol. The Balaban J connectivity index is 5.28. The van der Waals surface area contributed by atoms with Crippen molar-refractivity contribution < 1.29 is 33.9 Å². The maximum atomic E-state index is 12.3. The molecule has 0 aromatic rings. The Morgan fingerprint density at radius 3 is 1.61 bits per heavy atom. The molecule has 0 saturated carbocycles. The third-order valence-electron chi connectivity index (χ3n) is 3.29. The smallest absolute Gasteiger partial charge is 0.326 e. The highest BCUT2D eigenvalue weighted by atomic mass is 32.1. The number of carboxylic acids is 1. The molecule has 0 spiro atoms. The lowest BCUT2D eigenvalue weighted by Gasteiger charge is -2.23. The summed E-state index contributed by atoms with van der Waals surface area (Å²) < 4.78 is 0. The predicted octanol–water partition coefficient (Wildman–Crippen LogP) is -4.45. The van der Waals surface area contributed by atoms with E-state index in [1.165, 1.54) is 6.92 Å². The molecule has 0 aromatic heterocycles. The van der Waals surface area contributed by atoms with Gasteiger partial charge in [-0.1, -0.05) is 0 Å². The number of hydrogen-bond donors (Lipinski definition) is 8. The first-order chi connectivity index (χ1) is 12.9. The number of hydrogen-bond acceptors (Lipinski definition) is 8. The number of rotatable bonds is 12. The Morgan fingerprint density at radius 1 is 0.821 bits per heavy atom. The lowest BCUT2D eigenvalue weighted by atomic mass is 10.1. The van der Waals surface area contributed by atoms with Gasteiger partial charge in [0.25, 0.3) is 0 Å². The van der Waals surface area contributed by atoms with Crippen molar-refractivity contribution in [3.05, 3.63) is 0 Å². The van der Waals surface area contributed by atoms with E-state index < -0.39 is 72.5 Å². The normalized spacial score (nSPS) is 14.7. The number of amides is 5. The van der Waals surface area contributed by atoms with E-state index in [1.54, 1.807) is 0 Å². The van der Waals surface area contributed by atoms with Crippen molar-refractivity contribution in [2.75, 3.05) is 5.75 Å². The van der Waals surface area contributed by atoms with Gasteiger partial charge in [0.05, 0.1) is 18.9 Å². The molecule has 4 atom stereocenters. The van der Waals surface area contributed by atoms with Crippen molar-refractivity contribution in [2.24, 2.45) is 17.2 Å². The zero-order valence-electron chi connectivity index (χ0n) is 15.0. The van der Waals surface area contributed by atoms with Crippen molar-refractivity contribution in [1.29, 1.82) is 0 Å². The Bertz CT molecular complexity index is 642. The summed E-state index contributed by atoms with van der Waals surface area (Å²) in [5, 5.41) is 15.5. The van der Waals surface area contributed by atoms with Gasteiger partial charge in [-0.2, -0.15) is 12.6 Å². The molecule has 0 bridgehead atoms. The van der Waals surface area contributed by atoms with Crippen molar-refractivity contribution in [1.82, 2.24) is 16.0 Å². The maximum Gasteiger partial charge on any atom is 0.326 e. The van der Waals surface area contributed by atoms with Crippen LogP contribution in [-0.4, -0.2) is 70.5 Å². The number of carbonyl (C=O) groups is 6. The number of thiol groups is 1. The molecule has 14 heteroatoms. The summed E-state index contributed by atoms with van der Waals surface area (Å²) >= 11 is 3.92. The van der Waals surface area contributed by atoms with Crippen LogP contribution in [0.3, 0.4) is 0 Å². The van der Waals surface area contributed by atoms with Crippen LogP contribution >= 0.6 is 12.6 Å².